The van der Waals surface area contributed by atoms with Crippen LogP contribution >= 0.6 is 11.3 Å². The summed E-state index contributed by atoms with van der Waals surface area (Å²) in [7, 11) is 0. The van der Waals surface area contributed by atoms with Crippen LogP contribution < -0.4 is 10.2 Å². The summed E-state index contributed by atoms with van der Waals surface area (Å²) in [6.07, 6.45) is 1.44. The Morgan fingerprint density at radius 1 is 1.20 bits per heavy atom. The molecule has 0 aliphatic carbocycles. The highest BCUT2D eigenvalue weighted by Crippen LogP contribution is 2.28. The van der Waals surface area contributed by atoms with Gasteiger partial charge in [-0.05, 0) is 25.0 Å². The molecule has 1 N–H and O–H groups in total. The van der Waals surface area contributed by atoms with Crippen molar-refractivity contribution in [1.29, 1.82) is 0 Å². The fourth-order valence-electron chi connectivity index (χ4n) is 3.03. The first kappa shape index (κ1) is 16.5. The van der Waals surface area contributed by atoms with Crippen LogP contribution in [0.2, 0.25) is 0 Å². The SMILES string of the molecule is O=C(Nc1ccc(-c2csc(N3CCOCC3)n2)cc1)C1CCCO1. The lowest BCUT2D eigenvalue weighted by molar-refractivity contribution is -0.124. The van der Waals surface area contributed by atoms with Crippen LogP contribution in [0.25, 0.3) is 11.3 Å². The summed E-state index contributed by atoms with van der Waals surface area (Å²) in [5.74, 6) is -0.0616. The number of hydrogen-bond donors (Lipinski definition) is 1. The summed E-state index contributed by atoms with van der Waals surface area (Å²) in [6, 6.07) is 7.80. The van der Waals surface area contributed by atoms with E-state index in [1.807, 2.05) is 24.3 Å². The highest BCUT2D eigenvalue weighted by Gasteiger charge is 2.23. The van der Waals surface area contributed by atoms with E-state index in [1.165, 1.54) is 0 Å². The molecule has 2 aliphatic rings. The zero-order valence-electron chi connectivity index (χ0n) is 13.9. The van der Waals surface area contributed by atoms with Gasteiger partial charge in [-0.2, -0.15) is 0 Å². The number of hydrogen-bond acceptors (Lipinski definition) is 6. The molecule has 6 nitrogen and oxygen atoms in total. The minimum Gasteiger partial charge on any atom is -0.378 e. The van der Waals surface area contributed by atoms with E-state index in [2.05, 4.69) is 15.6 Å². The summed E-state index contributed by atoms with van der Waals surface area (Å²) >= 11 is 1.66. The molecule has 1 aromatic carbocycles. The van der Waals surface area contributed by atoms with E-state index >= 15 is 0 Å². The predicted molar refractivity (Wildman–Crippen MR) is 98.2 cm³/mol. The highest BCUT2D eigenvalue weighted by atomic mass is 32.1. The van der Waals surface area contributed by atoms with Crippen LogP contribution in [0.3, 0.4) is 0 Å². The van der Waals surface area contributed by atoms with E-state index in [0.717, 1.165) is 61.2 Å². The van der Waals surface area contributed by atoms with Crippen LogP contribution in [0.4, 0.5) is 10.8 Å². The average Bonchev–Trinajstić information content (AvgIpc) is 3.35. The molecule has 4 rings (SSSR count). The average molecular weight is 359 g/mol. The largest absolute Gasteiger partial charge is 0.378 e. The van der Waals surface area contributed by atoms with Gasteiger partial charge in [-0.3, -0.25) is 4.79 Å². The van der Waals surface area contributed by atoms with Crippen LogP contribution in [0.1, 0.15) is 12.8 Å². The Morgan fingerprint density at radius 2 is 2.00 bits per heavy atom. The number of rotatable bonds is 4. The van der Waals surface area contributed by atoms with Gasteiger partial charge in [-0.15, -0.1) is 11.3 Å². The van der Waals surface area contributed by atoms with E-state index in [0.29, 0.717) is 6.61 Å². The molecule has 1 aromatic heterocycles. The molecular weight excluding hydrogens is 338 g/mol. The number of anilines is 2. The molecule has 1 unspecified atom stereocenters. The summed E-state index contributed by atoms with van der Waals surface area (Å²) in [5, 5.41) is 6.03. The van der Waals surface area contributed by atoms with Gasteiger partial charge >= 0.3 is 0 Å². The van der Waals surface area contributed by atoms with Gasteiger partial charge in [0.15, 0.2) is 5.13 Å². The highest BCUT2D eigenvalue weighted by molar-refractivity contribution is 7.14. The van der Waals surface area contributed by atoms with Crippen molar-refractivity contribution in [3.05, 3.63) is 29.6 Å². The fourth-order valence-corrected chi connectivity index (χ4v) is 3.92. The number of nitrogens with zero attached hydrogens (tertiary/aromatic N) is 2. The maximum absolute atomic E-state index is 12.1. The molecule has 2 aliphatic heterocycles. The number of ether oxygens (including phenoxy) is 2. The second-order valence-electron chi connectivity index (χ2n) is 6.18. The van der Waals surface area contributed by atoms with Crippen molar-refractivity contribution >= 4 is 28.1 Å². The topological polar surface area (TPSA) is 63.7 Å². The zero-order valence-corrected chi connectivity index (χ0v) is 14.8. The summed E-state index contributed by atoms with van der Waals surface area (Å²) in [4.78, 5) is 19.1. The normalized spacial score (nSPS) is 20.6. The molecule has 0 bridgehead atoms. The summed E-state index contributed by atoms with van der Waals surface area (Å²) < 4.78 is 10.8. The lowest BCUT2D eigenvalue weighted by Crippen LogP contribution is -2.36. The van der Waals surface area contributed by atoms with Crippen molar-refractivity contribution < 1.29 is 14.3 Å². The Labute approximate surface area is 150 Å². The van der Waals surface area contributed by atoms with Gasteiger partial charge in [0.2, 0.25) is 0 Å². The molecular formula is C18H21N3O3S. The van der Waals surface area contributed by atoms with Crippen molar-refractivity contribution in [3.63, 3.8) is 0 Å². The third-order valence-electron chi connectivity index (χ3n) is 4.44. The van der Waals surface area contributed by atoms with Gasteiger partial charge < -0.3 is 19.7 Å². The first-order chi connectivity index (χ1) is 12.3. The second kappa shape index (κ2) is 7.51. The predicted octanol–water partition coefficient (Wildman–Crippen LogP) is 2.76. The number of amides is 1. The Kier molecular flexibility index (Phi) is 4.96. The van der Waals surface area contributed by atoms with Crippen molar-refractivity contribution in [1.82, 2.24) is 4.98 Å². The molecule has 1 amide bonds. The molecule has 0 spiro atoms. The Balaban J connectivity index is 1.41. The minimum atomic E-state index is -0.311. The second-order valence-corrected chi connectivity index (χ2v) is 7.02. The van der Waals surface area contributed by atoms with Crippen molar-refractivity contribution in [2.45, 2.75) is 18.9 Å². The molecule has 1 atom stereocenters. The lowest BCUT2D eigenvalue weighted by Gasteiger charge is -2.26. The minimum absolute atomic E-state index is 0.0616. The number of nitrogens with one attached hydrogen (secondary N) is 1. The van der Waals surface area contributed by atoms with E-state index in [9.17, 15) is 4.79 Å². The van der Waals surface area contributed by atoms with Crippen LogP contribution in [-0.2, 0) is 14.3 Å². The Morgan fingerprint density at radius 3 is 2.72 bits per heavy atom. The molecule has 2 fully saturated rings. The van der Waals surface area contributed by atoms with Gasteiger partial charge in [0.25, 0.3) is 5.91 Å². The van der Waals surface area contributed by atoms with E-state index in [1.54, 1.807) is 11.3 Å². The van der Waals surface area contributed by atoms with Crippen molar-refractivity contribution in [2.24, 2.45) is 0 Å². The van der Waals surface area contributed by atoms with Crippen molar-refractivity contribution in [2.75, 3.05) is 43.1 Å². The van der Waals surface area contributed by atoms with Crippen LogP contribution in [-0.4, -0.2) is 49.9 Å². The maximum Gasteiger partial charge on any atom is 0.253 e. The van der Waals surface area contributed by atoms with Crippen LogP contribution in [0.15, 0.2) is 29.6 Å². The number of aromatic nitrogens is 1. The zero-order chi connectivity index (χ0) is 17.1. The standard InChI is InChI=1S/C18H21N3O3S/c22-17(16-2-1-9-24-16)19-14-5-3-13(4-6-14)15-12-25-18(20-15)21-7-10-23-11-8-21/h3-6,12,16H,1-2,7-11H2,(H,19,22). The summed E-state index contributed by atoms with van der Waals surface area (Å²) in [6.45, 7) is 3.97. The number of benzene rings is 1. The third kappa shape index (κ3) is 3.84. The molecule has 0 radical (unpaired) electrons. The lowest BCUT2D eigenvalue weighted by atomic mass is 10.1. The third-order valence-corrected chi connectivity index (χ3v) is 5.35. The van der Waals surface area contributed by atoms with E-state index in [-0.39, 0.29) is 12.0 Å². The Bertz CT molecular complexity index is 719. The number of carbonyl (C=O) groups is 1. The molecule has 25 heavy (non-hydrogen) atoms. The van der Waals surface area contributed by atoms with Gasteiger partial charge in [0, 0.05) is 36.3 Å². The van der Waals surface area contributed by atoms with Gasteiger partial charge in [0.05, 0.1) is 18.9 Å². The molecule has 7 heteroatoms. The smallest absolute Gasteiger partial charge is 0.253 e. The fraction of sp³-hybridized carbons (Fsp3) is 0.444. The van der Waals surface area contributed by atoms with Gasteiger partial charge in [0.1, 0.15) is 6.10 Å². The van der Waals surface area contributed by atoms with Crippen molar-refractivity contribution in [3.8, 4) is 11.3 Å². The Hall–Kier alpha value is -1.96. The number of thiazole rings is 1. The van der Waals surface area contributed by atoms with Gasteiger partial charge in [-0.1, -0.05) is 12.1 Å². The maximum atomic E-state index is 12.1. The van der Waals surface area contributed by atoms with E-state index in [4.69, 9.17) is 14.5 Å². The first-order valence-electron chi connectivity index (χ1n) is 8.61. The molecule has 2 aromatic rings. The molecule has 0 saturated carbocycles. The monoisotopic (exact) mass is 359 g/mol. The summed E-state index contributed by atoms with van der Waals surface area (Å²) in [5.41, 5.74) is 2.79. The van der Waals surface area contributed by atoms with Gasteiger partial charge in [-0.25, -0.2) is 4.98 Å². The quantitative estimate of drug-likeness (QED) is 0.909. The first-order valence-corrected chi connectivity index (χ1v) is 9.49. The van der Waals surface area contributed by atoms with E-state index < -0.39 is 0 Å². The molecule has 2 saturated heterocycles. The van der Waals surface area contributed by atoms with Crippen LogP contribution in [0.5, 0.6) is 0 Å². The molecule has 3 heterocycles. The molecule has 132 valence electrons. The number of morpholine rings is 1. The van der Waals surface area contributed by atoms with Crippen LogP contribution in [0, 0.1) is 0 Å². The number of carbonyl (C=O) groups excluding carboxylic acids is 1.